The SMILES string of the molecule is CNc1ccc(C(CC(=O)O)c2ccc(C)c(CN3Cc4ccccc4CS3(=O)=O)c2)c(C)c1[NH2+]N. The number of hydrogen-bond acceptors (Lipinski definition) is 5. The molecule has 4 rings (SSSR count). The number of fused-ring (bicyclic) bond motifs is 1. The molecule has 9 heteroatoms. The summed E-state index contributed by atoms with van der Waals surface area (Å²) in [5.74, 6) is 4.56. The Kier molecular flexibility index (Phi) is 7.46. The number of nitrogens with zero attached hydrogens (tertiary/aromatic N) is 1. The molecule has 1 aliphatic heterocycles. The maximum Gasteiger partial charge on any atom is 0.304 e. The van der Waals surface area contributed by atoms with Crippen molar-refractivity contribution in [3.63, 3.8) is 0 Å². The average Bonchev–Trinajstić information content (AvgIpc) is 2.83. The third-order valence-corrected chi connectivity index (χ3v) is 8.79. The monoisotopic (exact) mass is 509 g/mol. The van der Waals surface area contributed by atoms with Crippen LogP contribution in [0.4, 0.5) is 11.4 Å². The minimum atomic E-state index is -3.47. The average molecular weight is 510 g/mol. The second-order valence-corrected chi connectivity index (χ2v) is 11.3. The number of rotatable bonds is 8. The van der Waals surface area contributed by atoms with Gasteiger partial charge in [-0.2, -0.15) is 10.1 Å². The molecule has 0 saturated carbocycles. The summed E-state index contributed by atoms with van der Waals surface area (Å²) >= 11 is 0. The van der Waals surface area contributed by atoms with Gasteiger partial charge in [-0.05, 0) is 53.3 Å². The lowest BCUT2D eigenvalue weighted by Gasteiger charge is -2.29. The molecule has 1 atom stereocenters. The van der Waals surface area contributed by atoms with Gasteiger partial charge in [0.05, 0.1) is 17.9 Å². The van der Waals surface area contributed by atoms with Crippen molar-refractivity contribution in [2.45, 2.75) is 45.0 Å². The molecular weight excluding hydrogens is 476 g/mol. The van der Waals surface area contributed by atoms with E-state index in [0.29, 0.717) is 6.54 Å². The molecule has 36 heavy (non-hydrogen) atoms. The fraction of sp³-hybridized carbons (Fsp3) is 0.296. The summed E-state index contributed by atoms with van der Waals surface area (Å²) in [5.41, 5.74) is 9.52. The van der Waals surface area contributed by atoms with E-state index in [1.807, 2.05) is 75.5 Å². The van der Waals surface area contributed by atoms with Gasteiger partial charge in [-0.1, -0.05) is 48.5 Å². The van der Waals surface area contributed by atoms with Gasteiger partial charge < -0.3 is 10.4 Å². The molecule has 3 aromatic carbocycles. The molecule has 0 amide bonds. The minimum Gasteiger partial charge on any atom is -0.481 e. The van der Waals surface area contributed by atoms with Crippen molar-refractivity contribution in [2.75, 3.05) is 12.4 Å². The number of carboxylic acids is 1. The first-order chi connectivity index (χ1) is 17.1. The van der Waals surface area contributed by atoms with Gasteiger partial charge in [0.1, 0.15) is 0 Å². The predicted octanol–water partition coefficient (Wildman–Crippen LogP) is 2.87. The molecule has 6 N–H and O–H groups in total. The number of sulfonamides is 1. The van der Waals surface area contributed by atoms with E-state index in [9.17, 15) is 18.3 Å². The van der Waals surface area contributed by atoms with E-state index in [-0.39, 0.29) is 18.7 Å². The highest BCUT2D eigenvalue weighted by molar-refractivity contribution is 7.88. The molecule has 0 aliphatic carbocycles. The quantitative estimate of drug-likeness (QED) is 0.210. The largest absolute Gasteiger partial charge is 0.481 e. The molecule has 1 heterocycles. The molecule has 1 unspecified atom stereocenters. The van der Waals surface area contributed by atoms with E-state index in [2.05, 4.69) is 5.32 Å². The number of nitrogens with one attached hydrogen (secondary N) is 1. The zero-order valence-corrected chi connectivity index (χ0v) is 21.6. The number of aliphatic carboxylic acids is 1. The Morgan fingerprint density at radius 1 is 1.14 bits per heavy atom. The fourth-order valence-corrected chi connectivity index (χ4v) is 6.52. The van der Waals surface area contributed by atoms with Crippen LogP contribution >= 0.6 is 0 Å². The molecule has 0 spiro atoms. The van der Waals surface area contributed by atoms with E-state index in [1.54, 1.807) is 0 Å². The Morgan fingerprint density at radius 2 is 1.86 bits per heavy atom. The van der Waals surface area contributed by atoms with Gasteiger partial charge in [-0.25, -0.2) is 13.8 Å². The third kappa shape index (κ3) is 5.15. The van der Waals surface area contributed by atoms with Crippen molar-refractivity contribution in [1.82, 2.24) is 4.31 Å². The maximum absolute atomic E-state index is 13.0. The molecule has 3 aromatic rings. The molecule has 0 aromatic heterocycles. The lowest BCUT2D eigenvalue weighted by Crippen LogP contribution is -2.86. The number of benzene rings is 3. The first-order valence-electron chi connectivity index (χ1n) is 11.9. The van der Waals surface area contributed by atoms with Crippen LogP contribution in [-0.2, 0) is 33.7 Å². The summed E-state index contributed by atoms with van der Waals surface area (Å²) in [7, 11) is -1.65. The number of anilines is 1. The topological polar surface area (TPSA) is 129 Å². The van der Waals surface area contributed by atoms with Gasteiger partial charge in [0.2, 0.25) is 10.0 Å². The Morgan fingerprint density at radius 3 is 2.53 bits per heavy atom. The lowest BCUT2D eigenvalue weighted by atomic mass is 9.84. The number of hydrogen-bond donors (Lipinski definition) is 4. The van der Waals surface area contributed by atoms with Gasteiger partial charge in [-0.15, -0.1) is 0 Å². The van der Waals surface area contributed by atoms with Gasteiger partial charge >= 0.3 is 5.97 Å². The zero-order chi connectivity index (χ0) is 26.0. The van der Waals surface area contributed by atoms with Crippen molar-refractivity contribution in [3.05, 3.63) is 93.5 Å². The summed E-state index contributed by atoms with van der Waals surface area (Å²) in [4.78, 5) is 11.9. The Balaban J connectivity index is 1.73. The van der Waals surface area contributed by atoms with E-state index < -0.39 is 21.9 Å². The number of nitrogens with two attached hydrogens (primary N) is 2. The Bertz CT molecular complexity index is 1400. The highest BCUT2D eigenvalue weighted by atomic mass is 32.2. The number of aryl methyl sites for hydroxylation is 1. The Labute approximate surface area is 212 Å². The van der Waals surface area contributed by atoms with E-state index in [1.165, 1.54) is 9.73 Å². The van der Waals surface area contributed by atoms with E-state index in [0.717, 1.165) is 50.3 Å². The first kappa shape index (κ1) is 25.8. The lowest BCUT2D eigenvalue weighted by molar-refractivity contribution is -0.584. The fourth-order valence-electron chi connectivity index (χ4n) is 4.99. The molecule has 0 saturated heterocycles. The first-order valence-corrected chi connectivity index (χ1v) is 13.5. The highest BCUT2D eigenvalue weighted by Crippen LogP contribution is 2.36. The second kappa shape index (κ2) is 10.4. The van der Waals surface area contributed by atoms with E-state index in [4.69, 9.17) is 5.84 Å². The third-order valence-electron chi connectivity index (χ3n) is 7.07. The van der Waals surface area contributed by atoms with Crippen LogP contribution in [0.1, 0.15) is 51.3 Å². The standard InChI is InChI=1S/C27H32N4O4S/c1-17-8-9-19(24(13-26(32)33)23-10-11-25(29-3)27(30-28)18(23)2)12-22(17)15-31-14-20-6-4-5-7-21(20)16-36(31,34)35/h4-12,24,29-30H,13-16,28H2,1-3H3,(H,32,33)/p+1. The van der Waals surface area contributed by atoms with Gasteiger partial charge in [-0.3, -0.25) is 4.79 Å². The molecule has 1 aliphatic rings. The summed E-state index contributed by atoms with van der Waals surface area (Å²) in [6, 6.07) is 17.3. The van der Waals surface area contributed by atoms with Gasteiger partial charge in [0.25, 0.3) is 0 Å². The van der Waals surface area contributed by atoms with Crippen molar-refractivity contribution < 1.29 is 23.7 Å². The molecular formula is C27H33N4O4S+. The van der Waals surface area contributed by atoms with Crippen LogP contribution in [0.25, 0.3) is 0 Å². The van der Waals surface area contributed by atoms with Crippen molar-refractivity contribution in [3.8, 4) is 0 Å². The molecule has 0 bridgehead atoms. The zero-order valence-electron chi connectivity index (χ0n) is 20.8. The second-order valence-electron chi connectivity index (χ2n) is 9.29. The molecule has 0 fully saturated rings. The summed E-state index contributed by atoms with van der Waals surface area (Å²) < 4.78 is 27.6. The number of quaternary nitrogens is 1. The minimum absolute atomic E-state index is 0.0150. The molecule has 0 radical (unpaired) electrons. The van der Waals surface area contributed by atoms with Crippen LogP contribution in [0.3, 0.4) is 0 Å². The smallest absolute Gasteiger partial charge is 0.304 e. The van der Waals surface area contributed by atoms with Crippen LogP contribution in [0.2, 0.25) is 0 Å². The normalized spacial score (nSPS) is 15.8. The van der Waals surface area contributed by atoms with E-state index >= 15 is 0 Å². The van der Waals surface area contributed by atoms with Crippen LogP contribution in [0, 0.1) is 13.8 Å². The van der Waals surface area contributed by atoms with Crippen LogP contribution < -0.4 is 16.6 Å². The van der Waals surface area contributed by atoms with Gasteiger partial charge in [0, 0.05) is 31.6 Å². The van der Waals surface area contributed by atoms with Gasteiger partial charge in [0.15, 0.2) is 5.69 Å². The van der Waals surface area contributed by atoms with Crippen LogP contribution in [-0.4, -0.2) is 30.8 Å². The van der Waals surface area contributed by atoms with Crippen LogP contribution in [0.15, 0.2) is 54.6 Å². The van der Waals surface area contributed by atoms with Crippen molar-refractivity contribution >= 4 is 27.4 Å². The molecule has 190 valence electrons. The summed E-state index contributed by atoms with van der Waals surface area (Å²) in [5, 5.41) is 12.9. The summed E-state index contributed by atoms with van der Waals surface area (Å²) in [6.45, 7) is 4.44. The van der Waals surface area contributed by atoms with Crippen LogP contribution in [0.5, 0.6) is 0 Å². The highest BCUT2D eigenvalue weighted by Gasteiger charge is 2.30. The van der Waals surface area contributed by atoms with Crippen molar-refractivity contribution in [2.24, 2.45) is 5.84 Å². The summed E-state index contributed by atoms with van der Waals surface area (Å²) in [6.07, 6.45) is -0.0956. The predicted molar refractivity (Wildman–Crippen MR) is 140 cm³/mol. The van der Waals surface area contributed by atoms with Crippen molar-refractivity contribution in [1.29, 1.82) is 0 Å². The number of carbonyl (C=O) groups is 1. The maximum atomic E-state index is 13.0. The molecule has 8 nitrogen and oxygen atoms in total. The Hall–Kier alpha value is -3.24. The number of carboxylic acid groups (broad SMARTS) is 1.